The van der Waals surface area contributed by atoms with Gasteiger partial charge in [0.25, 0.3) is 0 Å². The van der Waals surface area contributed by atoms with E-state index in [1.807, 2.05) is 0 Å². The van der Waals surface area contributed by atoms with Gasteiger partial charge in [-0.25, -0.2) is 0 Å². The van der Waals surface area contributed by atoms with Gasteiger partial charge in [-0.3, -0.25) is 0 Å². The van der Waals surface area contributed by atoms with Crippen LogP contribution in [-0.2, 0) is 4.52 Å². The maximum Gasteiger partial charge on any atom is 0.327 e. The quantitative estimate of drug-likeness (QED) is 0.483. The van der Waals surface area contributed by atoms with Crippen molar-refractivity contribution in [2.45, 2.75) is 39.5 Å². The molecule has 0 aromatic carbocycles. The maximum atomic E-state index is 8.40. The predicted molar refractivity (Wildman–Crippen MR) is 50.6 cm³/mol. The average molecular weight is 194 g/mol. The van der Waals surface area contributed by atoms with Gasteiger partial charge in [0, 0.05) is 0 Å². The van der Waals surface area contributed by atoms with Crippen LogP contribution in [0.4, 0.5) is 0 Å². The zero-order chi connectivity index (χ0) is 9.40. The molecule has 0 bridgehead atoms. The van der Waals surface area contributed by atoms with Crippen LogP contribution in [0, 0.1) is 5.92 Å². The Hall–Kier alpha value is 0.310. The predicted octanol–water partition coefficient (Wildman–Crippen LogP) is 2.43. The van der Waals surface area contributed by atoms with Crippen molar-refractivity contribution in [3.63, 3.8) is 0 Å². The van der Waals surface area contributed by atoms with Crippen LogP contribution in [0.3, 0.4) is 0 Å². The molecule has 2 N–H and O–H groups in total. The molecule has 0 aromatic rings. The lowest BCUT2D eigenvalue weighted by atomic mass is 10.1. The summed E-state index contributed by atoms with van der Waals surface area (Å²) in [5.41, 5.74) is 0. The zero-order valence-corrected chi connectivity index (χ0v) is 8.76. The fraction of sp³-hybridized carbons (Fsp3) is 1.00. The van der Waals surface area contributed by atoms with E-state index in [9.17, 15) is 0 Å². The van der Waals surface area contributed by atoms with E-state index >= 15 is 0 Å². The molecule has 0 saturated carbocycles. The fourth-order valence-corrected chi connectivity index (χ4v) is 1.27. The molecular weight excluding hydrogens is 175 g/mol. The second kappa shape index (κ2) is 7.93. The molecule has 0 aliphatic heterocycles. The van der Waals surface area contributed by atoms with Crippen LogP contribution in [0.25, 0.3) is 0 Å². The molecule has 0 atom stereocenters. The van der Waals surface area contributed by atoms with Gasteiger partial charge in [-0.15, -0.1) is 0 Å². The van der Waals surface area contributed by atoms with Crippen molar-refractivity contribution in [1.82, 2.24) is 0 Å². The Morgan fingerprint density at radius 2 is 1.83 bits per heavy atom. The van der Waals surface area contributed by atoms with Gasteiger partial charge in [0.1, 0.15) is 0 Å². The van der Waals surface area contributed by atoms with Crippen LogP contribution in [-0.4, -0.2) is 16.4 Å². The smallest absolute Gasteiger partial charge is 0.327 e. The Morgan fingerprint density at radius 3 is 2.33 bits per heavy atom. The molecule has 0 spiro atoms. The van der Waals surface area contributed by atoms with E-state index in [2.05, 4.69) is 18.4 Å². The van der Waals surface area contributed by atoms with Gasteiger partial charge in [0.15, 0.2) is 0 Å². The first kappa shape index (κ1) is 12.3. The summed E-state index contributed by atoms with van der Waals surface area (Å²) < 4.78 is 4.62. The Kier molecular flexibility index (Phi) is 8.14. The maximum absolute atomic E-state index is 8.40. The standard InChI is InChI=1S/C8H19O3P/c1-8(2)6-4-3-5-7-11-12(9)10/h8-10H,3-7H2,1-2H3. The number of rotatable bonds is 7. The van der Waals surface area contributed by atoms with E-state index in [1.54, 1.807) is 0 Å². The van der Waals surface area contributed by atoms with Gasteiger partial charge < -0.3 is 14.3 Å². The van der Waals surface area contributed by atoms with E-state index in [1.165, 1.54) is 12.8 Å². The van der Waals surface area contributed by atoms with Crippen LogP contribution >= 0.6 is 8.60 Å². The average Bonchev–Trinajstić information content (AvgIpc) is 1.95. The Morgan fingerprint density at radius 1 is 1.17 bits per heavy atom. The van der Waals surface area contributed by atoms with Crippen molar-refractivity contribution < 1.29 is 14.3 Å². The van der Waals surface area contributed by atoms with E-state index in [0.29, 0.717) is 6.61 Å². The van der Waals surface area contributed by atoms with Crippen molar-refractivity contribution >= 4 is 8.60 Å². The van der Waals surface area contributed by atoms with Crippen molar-refractivity contribution in [3.05, 3.63) is 0 Å². The molecular formula is C8H19O3P. The second-order valence-corrected chi connectivity index (χ2v) is 4.09. The Labute approximate surface area is 75.8 Å². The van der Waals surface area contributed by atoms with Crippen LogP contribution < -0.4 is 0 Å². The summed E-state index contributed by atoms with van der Waals surface area (Å²) in [5, 5.41) is 0. The normalized spacial score (nSPS) is 11.5. The molecule has 0 radical (unpaired) electrons. The molecule has 4 heteroatoms. The lowest BCUT2D eigenvalue weighted by Crippen LogP contribution is -1.91. The minimum absolute atomic E-state index is 0.469. The summed E-state index contributed by atoms with van der Waals surface area (Å²) in [6.45, 7) is 4.88. The summed E-state index contributed by atoms with van der Waals surface area (Å²) in [6.07, 6.45) is 4.48. The summed E-state index contributed by atoms with van der Waals surface area (Å²) in [4.78, 5) is 16.8. The topological polar surface area (TPSA) is 49.7 Å². The Balaban J connectivity index is 2.91. The summed E-state index contributed by atoms with van der Waals surface area (Å²) >= 11 is 0. The molecule has 0 unspecified atom stereocenters. The van der Waals surface area contributed by atoms with Crippen molar-refractivity contribution in [3.8, 4) is 0 Å². The molecule has 0 aliphatic carbocycles. The Bertz CT molecular complexity index is 84.3. The minimum atomic E-state index is -2.13. The largest absolute Gasteiger partial charge is 0.328 e. The molecule has 0 saturated heterocycles. The molecule has 0 aromatic heterocycles. The minimum Gasteiger partial charge on any atom is -0.328 e. The monoisotopic (exact) mass is 194 g/mol. The molecule has 3 nitrogen and oxygen atoms in total. The van der Waals surface area contributed by atoms with Gasteiger partial charge in [-0.2, -0.15) is 0 Å². The van der Waals surface area contributed by atoms with Gasteiger partial charge in [-0.1, -0.05) is 33.1 Å². The van der Waals surface area contributed by atoms with Gasteiger partial charge in [0.05, 0.1) is 6.61 Å². The lowest BCUT2D eigenvalue weighted by molar-refractivity contribution is 0.248. The van der Waals surface area contributed by atoms with E-state index in [0.717, 1.165) is 18.8 Å². The first-order chi connectivity index (χ1) is 5.63. The highest BCUT2D eigenvalue weighted by Crippen LogP contribution is 2.24. The molecule has 74 valence electrons. The number of hydrogen-bond donors (Lipinski definition) is 2. The van der Waals surface area contributed by atoms with Gasteiger partial charge >= 0.3 is 8.60 Å². The third-order valence-electron chi connectivity index (χ3n) is 1.63. The highest BCUT2D eigenvalue weighted by atomic mass is 31.2. The molecule has 0 aliphatic rings. The van der Waals surface area contributed by atoms with Crippen LogP contribution in [0.1, 0.15) is 39.5 Å². The van der Waals surface area contributed by atoms with E-state index < -0.39 is 8.60 Å². The molecule has 12 heavy (non-hydrogen) atoms. The SMILES string of the molecule is CC(C)CCCCCOP(O)O. The van der Waals surface area contributed by atoms with Crippen LogP contribution in [0.5, 0.6) is 0 Å². The van der Waals surface area contributed by atoms with Crippen LogP contribution in [0.2, 0.25) is 0 Å². The first-order valence-electron chi connectivity index (χ1n) is 4.43. The summed E-state index contributed by atoms with van der Waals surface area (Å²) in [5.74, 6) is 0.763. The summed E-state index contributed by atoms with van der Waals surface area (Å²) in [7, 11) is -2.13. The molecule has 0 heterocycles. The molecule has 0 amide bonds. The molecule has 0 fully saturated rings. The highest BCUT2D eigenvalue weighted by molar-refractivity contribution is 7.39. The molecule has 0 rings (SSSR count). The van der Waals surface area contributed by atoms with Crippen molar-refractivity contribution in [2.75, 3.05) is 6.61 Å². The second-order valence-electron chi connectivity index (χ2n) is 3.33. The van der Waals surface area contributed by atoms with E-state index in [-0.39, 0.29) is 0 Å². The zero-order valence-electron chi connectivity index (χ0n) is 7.86. The van der Waals surface area contributed by atoms with Gasteiger partial charge in [-0.05, 0) is 12.3 Å². The number of hydrogen-bond acceptors (Lipinski definition) is 3. The first-order valence-corrected chi connectivity index (χ1v) is 5.60. The van der Waals surface area contributed by atoms with Crippen molar-refractivity contribution in [2.24, 2.45) is 5.92 Å². The third kappa shape index (κ3) is 10.3. The summed E-state index contributed by atoms with van der Waals surface area (Å²) in [6, 6.07) is 0. The van der Waals surface area contributed by atoms with Crippen molar-refractivity contribution in [1.29, 1.82) is 0 Å². The lowest BCUT2D eigenvalue weighted by Gasteiger charge is -2.05. The third-order valence-corrected chi connectivity index (χ3v) is 2.05. The highest BCUT2D eigenvalue weighted by Gasteiger charge is 1.98. The fourth-order valence-electron chi connectivity index (χ4n) is 0.978. The van der Waals surface area contributed by atoms with E-state index in [4.69, 9.17) is 9.79 Å². The van der Waals surface area contributed by atoms with Gasteiger partial charge in [0.2, 0.25) is 0 Å². The number of unbranched alkanes of at least 4 members (excludes halogenated alkanes) is 2. The van der Waals surface area contributed by atoms with Crippen LogP contribution in [0.15, 0.2) is 0 Å².